The molecule has 0 aliphatic heterocycles. The number of anilines is 2. The minimum atomic E-state index is -0.0337. The molecule has 0 saturated heterocycles. The van der Waals surface area contributed by atoms with E-state index in [9.17, 15) is 4.79 Å². The summed E-state index contributed by atoms with van der Waals surface area (Å²) in [6.07, 6.45) is 3.73. The van der Waals surface area contributed by atoms with Crippen LogP contribution in [0.3, 0.4) is 0 Å². The Kier molecular flexibility index (Phi) is 8.62. The van der Waals surface area contributed by atoms with Gasteiger partial charge < -0.3 is 20.3 Å². The van der Waals surface area contributed by atoms with E-state index in [4.69, 9.17) is 10.5 Å². The topological polar surface area (TPSA) is 84.6 Å². The Hall–Kier alpha value is -3.87. The normalized spacial score (nSPS) is 11.5. The number of aromatic nitrogens is 2. The van der Waals surface area contributed by atoms with Crippen molar-refractivity contribution in [2.24, 2.45) is 5.92 Å². The number of rotatable bonds is 11. The summed E-state index contributed by atoms with van der Waals surface area (Å²) in [4.78, 5) is 24.6. The SMILES string of the molecule is C=CC(=O)N(CC)CCC(C)CN(C)c1ncnc(N)c1-c1ccc(Oc2ccccc2)cc1. The van der Waals surface area contributed by atoms with Crippen molar-refractivity contribution in [1.82, 2.24) is 14.9 Å². The Bertz CT molecular complexity index is 1090. The molecule has 2 aromatic carbocycles. The Labute approximate surface area is 201 Å². The number of amides is 1. The van der Waals surface area contributed by atoms with Gasteiger partial charge >= 0.3 is 0 Å². The number of carbonyl (C=O) groups is 1. The summed E-state index contributed by atoms with van der Waals surface area (Å²) < 4.78 is 5.90. The molecule has 178 valence electrons. The first-order chi connectivity index (χ1) is 16.4. The van der Waals surface area contributed by atoms with Crippen molar-refractivity contribution < 1.29 is 9.53 Å². The molecule has 2 N–H and O–H groups in total. The second-order valence-electron chi connectivity index (χ2n) is 8.29. The molecule has 1 amide bonds. The molecule has 0 fully saturated rings. The predicted molar refractivity (Wildman–Crippen MR) is 138 cm³/mol. The largest absolute Gasteiger partial charge is 0.457 e. The zero-order chi connectivity index (χ0) is 24.5. The lowest BCUT2D eigenvalue weighted by Gasteiger charge is -2.27. The molecule has 0 radical (unpaired) electrons. The number of benzene rings is 2. The highest BCUT2D eigenvalue weighted by Gasteiger charge is 2.18. The van der Waals surface area contributed by atoms with Crippen LogP contribution in [0.5, 0.6) is 11.5 Å². The molecular weight excluding hydrogens is 426 g/mol. The standard InChI is InChI=1S/C27H33N5O2/c1-5-24(33)32(6-2)17-16-20(3)18-31(4)27-25(26(28)29-19-30-27)21-12-14-23(15-13-21)34-22-10-8-7-9-11-22/h5,7-15,19-20H,1,6,16-18H2,2-4H3,(H2,28,29,30). The number of para-hydroxylation sites is 1. The van der Waals surface area contributed by atoms with Crippen molar-refractivity contribution in [3.63, 3.8) is 0 Å². The summed E-state index contributed by atoms with van der Waals surface area (Å²) in [6.45, 7) is 9.86. The van der Waals surface area contributed by atoms with Crippen molar-refractivity contribution in [3.05, 3.63) is 73.6 Å². The van der Waals surface area contributed by atoms with Crippen LogP contribution in [-0.2, 0) is 4.79 Å². The molecule has 1 aromatic heterocycles. The first-order valence-corrected chi connectivity index (χ1v) is 11.5. The molecule has 0 saturated carbocycles. The third-order valence-corrected chi connectivity index (χ3v) is 5.69. The quantitative estimate of drug-likeness (QED) is 0.406. The Morgan fingerprint density at radius 2 is 1.79 bits per heavy atom. The van der Waals surface area contributed by atoms with Crippen LogP contribution < -0.4 is 15.4 Å². The molecule has 0 bridgehead atoms. The first-order valence-electron chi connectivity index (χ1n) is 11.5. The summed E-state index contributed by atoms with van der Waals surface area (Å²) in [7, 11) is 2.00. The average Bonchev–Trinajstić information content (AvgIpc) is 2.85. The summed E-state index contributed by atoms with van der Waals surface area (Å²) in [5, 5.41) is 0. The molecule has 0 aliphatic rings. The highest BCUT2D eigenvalue weighted by molar-refractivity contribution is 5.87. The number of carbonyl (C=O) groups excluding carboxylic acids is 1. The van der Waals surface area contributed by atoms with Crippen molar-refractivity contribution in [3.8, 4) is 22.6 Å². The van der Waals surface area contributed by atoms with Crippen molar-refractivity contribution in [2.75, 3.05) is 37.3 Å². The van der Waals surface area contributed by atoms with Gasteiger partial charge in [-0.3, -0.25) is 4.79 Å². The van der Waals surface area contributed by atoms with E-state index in [-0.39, 0.29) is 5.91 Å². The van der Waals surface area contributed by atoms with Gasteiger partial charge in [-0.2, -0.15) is 0 Å². The van der Waals surface area contributed by atoms with Gasteiger partial charge in [0.2, 0.25) is 5.91 Å². The monoisotopic (exact) mass is 459 g/mol. The minimum Gasteiger partial charge on any atom is -0.457 e. The van der Waals surface area contributed by atoms with Gasteiger partial charge in [0.15, 0.2) is 0 Å². The Morgan fingerprint density at radius 3 is 2.44 bits per heavy atom. The van der Waals surface area contributed by atoms with Crippen LogP contribution in [0.15, 0.2) is 73.6 Å². The lowest BCUT2D eigenvalue weighted by atomic mass is 10.0. The van der Waals surface area contributed by atoms with Crippen LogP contribution in [0.2, 0.25) is 0 Å². The van der Waals surface area contributed by atoms with E-state index in [0.29, 0.717) is 24.8 Å². The van der Waals surface area contributed by atoms with Gasteiger partial charge in [-0.15, -0.1) is 0 Å². The molecule has 1 heterocycles. The minimum absolute atomic E-state index is 0.0337. The smallest absolute Gasteiger partial charge is 0.245 e. The van der Waals surface area contributed by atoms with E-state index in [2.05, 4.69) is 28.4 Å². The molecule has 1 unspecified atom stereocenters. The van der Waals surface area contributed by atoms with Gasteiger partial charge in [0.25, 0.3) is 0 Å². The third kappa shape index (κ3) is 6.34. The molecule has 3 rings (SSSR count). The summed E-state index contributed by atoms with van der Waals surface area (Å²) in [5.41, 5.74) is 8.00. The highest BCUT2D eigenvalue weighted by Crippen LogP contribution is 2.34. The summed E-state index contributed by atoms with van der Waals surface area (Å²) >= 11 is 0. The van der Waals surface area contributed by atoms with E-state index in [1.165, 1.54) is 12.4 Å². The second-order valence-corrected chi connectivity index (χ2v) is 8.29. The van der Waals surface area contributed by atoms with Crippen molar-refractivity contribution in [2.45, 2.75) is 20.3 Å². The van der Waals surface area contributed by atoms with Crippen LogP contribution in [0.1, 0.15) is 20.3 Å². The van der Waals surface area contributed by atoms with Crippen LogP contribution in [-0.4, -0.2) is 47.5 Å². The fraction of sp³-hybridized carbons (Fsp3) is 0.296. The Balaban J connectivity index is 1.72. The van der Waals surface area contributed by atoms with Crippen LogP contribution in [0.4, 0.5) is 11.6 Å². The molecule has 3 aromatic rings. The predicted octanol–water partition coefficient (Wildman–Crippen LogP) is 5.02. The maximum absolute atomic E-state index is 11.9. The van der Waals surface area contributed by atoms with Crippen molar-refractivity contribution in [1.29, 1.82) is 0 Å². The zero-order valence-electron chi connectivity index (χ0n) is 20.1. The number of nitrogen functional groups attached to an aromatic ring is 1. The number of nitrogens with zero attached hydrogens (tertiary/aromatic N) is 4. The molecule has 1 atom stereocenters. The van der Waals surface area contributed by atoms with Crippen molar-refractivity contribution >= 4 is 17.5 Å². The molecule has 7 nitrogen and oxygen atoms in total. The highest BCUT2D eigenvalue weighted by atomic mass is 16.5. The van der Waals surface area contributed by atoms with Gasteiger partial charge in [0.05, 0.1) is 5.56 Å². The number of ether oxygens (including phenoxy) is 1. The van der Waals surface area contributed by atoms with Gasteiger partial charge in [-0.05, 0) is 55.2 Å². The van der Waals surface area contributed by atoms with E-state index >= 15 is 0 Å². The molecular formula is C27H33N5O2. The number of hydrogen-bond acceptors (Lipinski definition) is 6. The summed E-state index contributed by atoms with van der Waals surface area (Å²) in [6, 6.07) is 17.4. The molecule has 34 heavy (non-hydrogen) atoms. The van der Waals surface area contributed by atoms with Gasteiger partial charge in [0, 0.05) is 26.7 Å². The van der Waals surface area contributed by atoms with Gasteiger partial charge in [-0.25, -0.2) is 9.97 Å². The maximum atomic E-state index is 11.9. The third-order valence-electron chi connectivity index (χ3n) is 5.69. The maximum Gasteiger partial charge on any atom is 0.245 e. The second kappa shape index (κ2) is 11.8. The first kappa shape index (κ1) is 24.8. The average molecular weight is 460 g/mol. The number of likely N-dealkylation sites (N-methyl/N-ethyl adjacent to an activating group) is 1. The van der Waals surface area contributed by atoms with Gasteiger partial charge in [-0.1, -0.05) is 43.8 Å². The fourth-order valence-electron chi connectivity index (χ4n) is 3.84. The van der Waals surface area contributed by atoms with E-state index in [0.717, 1.165) is 41.4 Å². The number of hydrogen-bond donors (Lipinski definition) is 1. The van der Waals surface area contributed by atoms with Gasteiger partial charge in [0.1, 0.15) is 29.5 Å². The van der Waals surface area contributed by atoms with E-state index in [1.54, 1.807) is 4.90 Å². The summed E-state index contributed by atoms with van der Waals surface area (Å²) in [5.74, 6) is 3.02. The molecule has 0 spiro atoms. The zero-order valence-corrected chi connectivity index (χ0v) is 20.1. The lowest BCUT2D eigenvalue weighted by molar-refractivity contribution is -0.126. The van der Waals surface area contributed by atoms with Crippen LogP contribution in [0, 0.1) is 5.92 Å². The van der Waals surface area contributed by atoms with Crippen LogP contribution in [0.25, 0.3) is 11.1 Å². The number of nitrogens with two attached hydrogens (primary N) is 1. The van der Waals surface area contributed by atoms with E-state index in [1.807, 2.05) is 68.6 Å². The van der Waals surface area contributed by atoms with Crippen LogP contribution >= 0.6 is 0 Å². The Morgan fingerprint density at radius 1 is 1.12 bits per heavy atom. The lowest BCUT2D eigenvalue weighted by Crippen LogP contribution is -2.33. The van der Waals surface area contributed by atoms with E-state index < -0.39 is 0 Å². The molecule has 7 heteroatoms. The fourth-order valence-corrected chi connectivity index (χ4v) is 3.84. The molecule has 0 aliphatic carbocycles.